The maximum atomic E-state index is 13.3. The fraction of sp³-hybridized carbons (Fsp3) is 0.647. The molecule has 0 aliphatic heterocycles. The third kappa shape index (κ3) is 5.16. The summed E-state index contributed by atoms with van der Waals surface area (Å²) in [5, 5.41) is 0. The van der Waals surface area contributed by atoms with Gasteiger partial charge in [-0.15, -0.1) is 0 Å². The molecule has 1 aromatic rings. The monoisotopic (exact) mass is 310 g/mol. The number of para-hydroxylation sites is 1. The number of unbranched alkanes of at least 4 members (excludes halogenated alkanes) is 1. The molecular formula is C17H27O3P. The summed E-state index contributed by atoms with van der Waals surface area (Å²) < 4.78 is 24.9. The number of hydrogen-bond acceptors (Lipinski definition) is 3. The summed E-state index contributed by atoms with van der Waals surface area (Å²) in [5.41, 5.74) is 0.187. The first kappa shape index (κ1) is 16.6. The Labute approximate surface area is 128 Å². The van der Waals surface area contributed by atoms with Crippen molar-refractivity contribution in [1.82, 2.24) is 0 Å². The minimum absolute atomic E-state index is 0.187. The van der Waals surface area contributed by atoms with Crippen molar-refractivity contribution in [3.63, 3.8) is 0 Å². The fourth-order valence-corrected chi connectivity index (χ4v) is 5.18. The van der Waals surface area contributed by atoms with E-state index in [1.165, 1.54) is 6.42 Å². The van der Waals surface area contributed by atoms with Crippen molar-refractivity contribution in [2.24, 2.45) is 0 Å². The smallest absolute Gasteiger partial charge is 0.242 e. The molecule has 1 atom stereocenters. The van der Waals surface area contributed by atoms with Crippen LogP contribution in [0.3, 0.4) is 0 Å². The van der Waals surface area contributed by atoms with Gasteiger partial charge in [-0.2, -0.15) is 0 Å². The lowest BCUT2D eigenvalue weighted by atomic mass is 10.0. The Morgan fingerprint density at radius 2 is 1.86 bits per heavy atom. The van der Waals surface area contributed by atoms with Crippen LogP contribution in [0.4, 0.5) is 0 Å². The molecule has 0 aromatic heterocycles. The standard InChI is InChI=1S/C17H27O3P/c1-2-3-14-20-21(18,17-12-8-5-9-13-17)15-19-16-10-6-4-7-11-16/h4,6-7,10-11,17H,2-3,5,8-9,12-15H2,1H3. The molecule has 2 rings (SSSR count). The van der Waals surface area contributed by atoms with E-state index in [2.05, 4.69) is 6.92 Å². The number of ether oxygens (including phenoxy) is 1. The van der Waals surface area contributed by atoms with E-state index in [1.807, 2.05) is 30.3 Å². The molecule has 0 N–H and O–H groups in total. The van der Waals surface area contributed by atoms with Gasteiger partial charge in [0.2, 0.25) is 7.37 Å². The molecule has 0 heterocycles. The lowest BCUT2D eigenvalue weighted by molar-refractivity contribution is 0.263. The molecule has 118 valence electrons. The number of rotatable bonds is 8. The van der Waals surface area contributed by atoms with Crippen molar-refractivity contribution >= 4 is 7.37 Å². The van der Waals surface area contributed by atoms with E-state index >= 15 is 0 Å². The summed E-state index contributed by atoms with van der Waals surface area (Å²) in [6.07, 6.45) is 7.85. The average molecular weight is 310 g/mol. The van der Waals surface area contributed by atoms with Gasteiger partial charge in [-0.1, -0.05) is 50.8 Å². The van der Waals surface area contributed by atoms with E-state index in [0.717, 1.165) is 44.3 Å². The van der Waals surface area contributed by atoms with Crippen molar-refractivity contribution in [3.8, 4) is 5.75 Å². The van der Waals surface area contributed by atoms with E-state index in [4.69, 9.17) is 9.26 Å². The van der Waals surface area contributed by atoms with E-state index in [9.17, 15) is 4.57 Å². The Morgan fingerprint density at radius 3 is 2.52 bits per heavy atom. The zero-order chi connectivity index (χ0) is 15.0. The summed E-state index contributed by atoms with van der Waals surface area (Å²) in [7, 11) is -2.71. The van der Waals surface area contributed by atoms with Crippen molar-refractivity contribution in [1.29, 1.82) is 0 Å². The van der Waals surface area contributed by atoms with Gasteiger partial charge in [-0.05, 0) is 31.4 Å². The second kappa shape index (κ2) is 8.60. The summed E-state index contributed by atoms with van der Waals surface area (Å²) in [6.45, 7) is 2.71. The quantitative estimate of drug-likeness (QED) is 0.473. The van der Waals surface area contributed by atoms with Crippen LogP contribution in [0, 0.1) is 0 Å². The van der Waals surface area contributed by atoms with Gasteiger partial charge in [0.05, 0.1) is 6.61 Å². The summed E-state index contributed by atoms with van der Waals surface area (Å²) in [5.74, 6) is 0.771. The first-order chi connectivity index (χ1) is 10.2. The van der Waals surface area contributed by atoms with Gasteiger partial charge in [0, 0.05) is 5.66 Å². The van der Waals surface area contributed by atoms with Crippen LogP contribution in [0.1, 0.15) is 51.9 Å². The molecule has 0 saturated heterocycles. The third-order valence-electron chi connectivity index (χ3n) is 4.09. The van der Waals surface area contributed by atoms with Crippen LogP contribution in [0.15, 0.2) is 30.3 Å². The molecule has 1 unspecified atom stereocenters. The molecule has 4 heteroatoms. The molecular weight excluding hydrogens is 283 g/mol. The third-order valence-corrected chi connectivity index (χ3v) is 6.83. The molecule has 1 aliphatic carbocycles. The Kier molecular flexibility index (Phi) is 6.79. The largest absolute Gasteiger partial charge is 0.484 e. The van der Waals surface area contributed by atoms with E-state index in [0.29, 0.717) is 6.61 Å². The SMILES string of the molecule is CCCCOP(=O)(COc1ccccc1)C1CCCCC1. The molecule has 1 saturated carbocycles. The molecule has 1 fully saturated rings. The van der Waals surface area contributed by atoms with Crippen molar-refractivity contribution in [3.05, 3.63) is 30.3 Å². The lowest BCUT2D eigenvalue weighted by Crippen LogP contribution is -2.19. The molecule has 0 spiro atoms. The summed E-state index contributed by atoms with van der Waals surface area (Å²) in [4.78, 5) is 0. The van der Waals surface area contributed by atoms with Crippen molar-refractivity contribution in [2.45, 2.75) is 57.5 Å². The van der Waals surface area contributed by atoms with Crippen LogP contribution in [0.5, 0.6) is 5.75 Å². The Hall–Kier alpha value is -0.790. The van der Waals surface area contributed by atoms with Crippen molar-refractivity contribution in [2.75, 3.05) is 13.0 Å². The van der Waals surface area contributed by atoms with Gasteiger partial charge >= 0.3 is 0 Å². The molecule has 0 bridgehead atoms. The van der Waals surface area contributed by atoms with E-state index < -0.39 is 7.37 Å². The van der Waals surface area contributed by atoms with Crippen LogP contribution < -0.4 is 4.74 Å². The highest BCUT2D eigenvalue weighted by Gasteiger charge is 2.35. The van der Waals surface area contributed by atoms with Gasteiger partial charge in [0.15, 0.2) is 6.35 Å². The molecule has 3 nitrogen and oxygen atoms in total. The fourth-order valence-electron chi connectivity index (χ4n) is 2.77. The normalized spacial score (nSPS) is 19.1. The lowest BCUT2D eigenvalue weighted by Gasteiger charge is -2.30. The highest BCUT2D eigenvalue weighted by molar-refractivity contribution is 7.59. The Bertz CT molecular complexity index is 441. The van der Waals surface area contributed by atoms with Gasteiger partial charge in [0.1, 0.15) is 5.75 Å². The van der Waals surface area contributed by atoms with Gasteiger partial charge in [0.25, 0.3) is 0 Å². The Balaban J connectivity index is 1.98. The topological polar surface area (TPSA) is 35.5 Å². The zero-order valence-electron chi connectivity index (χ0n) is 13.0. The minimum Gasteiger partial charge on any atom is -0.484 e. The van der Waals surface area contributed by atoms with Crippen LogP contribution in [0.25, 0.3) is 0 Å². The maximum Gasteiger partial charge on any atom is 0.242 e. The summed E-state index contributed by atoms with van der Waals surface area (Å²) in [6, 6.07) is 9.61. The van der Waals surface area contributed by atoms with Crippen LogP contribution >= 0.6 is 7.37 Å². The van der Waals surface area contributed by atoms with Crippen molar-refractivity contribution < 1.29 is 13.8 Å². The maximum absolute atomic E-state index is 13.3. The first-order valence-electron chi connectivity index (χ1n) is 8.16. The van der Waals surface area contributed by atoms with E-state index in [1.54, 1.807) is 0 Å². The molecule has 0 amide bonds. The second-order valence-corrected chi connectivity index (χ2v) is 8.49. The predicted molar refractivity (Wildman–Crippen MR) is 87.3 cm³/mol. The highest BCUT2D eigenvalue weighted by atomic mass is 31.2. The van der Waals surface area contributed by atoms with Crippen LogP contribution in [-0.2, 0) is 9.09 Å². The Morgan fingerprint density at radius 1 is 1.14 bits per heavy atom. The van der Waals surface area contributed by atoms with Gasteiger partial charge in [-0.25, -0.2) is 0 Å². The molecule has 21 heavy (non-hydrogen) atoms. The number of benzene rings is 1. The average Bonchev–Trinajstić information content (AvgIpc) is 2.55. The van der Waals surface area contributed by atoms with Gasteiger partial charge < -0.3 is 9.26 Å². The number of hydrogen-bond donors (Lipinski definition) is 0. The first-order valence-corrected chi connectivity index (χ1v) is 10.0. The second-order valence-electron chi connectivity index (χ2n) is 5.79. The van der Waals surface area contributed by atoms with E-state index in [-0.39, 0.29) is 12.0 Å². The summed E-state index contributed by atoms with van der Waals surface area (Å²) >= 11 is 0. The molecule has 1 aromatic carbocycles. The molecule has 0 radical (unpaired) electrons. The zero-order valence-corrected chi connectivity index (χ0v) is 13.9. The van der Waals surface area contributed by atoms with Gasteiger partial charge in [-0.3, -0.25) is 4.57 Å². The minimum atomic E-state index is -2.71. The van der Waals surface area contributed by atoms with Crippen LogP contribution in [-0.4, -0.2) is 18.6 Å². The predicted octanol–water partition coefficient (Wildman–Crippen LogP) is 5.45. The molecule has 1 aliphatic rings. The van der Waals surface area contributed by atoms with Crippen LogP contribution in [0.2, 0.25) is 0 Å². The highest BCUT2D eigenvalue weighted by Crippen LogP contribution is 2.56.